The molecule has 0 spiro atoms. The van der Waals surface area contributed by atoms with Crippen molar-refractivity contribution < 1.29 is 4.79 Å². The fourth-order valence-corrected chi connectivity index (χ4v) is 5.73. The molecule has 3 aromatic carbocycles. The van der Waals surface area contributed by atoms with E-state index >= 15 is 0 Å². The Hall–Kier alpha value is -2.36. The summed E-state index contributed by atoms with van der Waals surface area (Å²) in [5.41, 5.74) is 2.40. The van der Waals surface area contributed by atoms with Crippen LogP contribution in [0.3, 0.4) is 0 Å². The first kappa shape index (κ1) is 16.6. The minimum Gasteiger partial charge on any atom is -0.308 e. The summed E-state index contributed by atoms with van der Waals surface area (Å²) in [6.45, 7) is 0. The molecule has 1 N–H and O–H groups in total. The van der Waals surface area contributed by atoms with Crippen LogP contribution in [-0.4, -0.2) is 22.9 Å². The minimum atomic E-state index is -0.597. The number of hydrogen-bond donors (Lipinski definition) is 1. The zero-order chi connectivity index (χ0) is 18.9. The van der Waals surface area contributed by atoms with Crippen LogP contribution >= 0.6 is 11.6 Å². The van der Waals surface area contributed by atoms with Crippen molar-refractivity contribution in [3.63, 3.8) is 0 Å². The fraction of sp³-hybridized carbons (Fsp3) is 0.292. The SMILES string of the molecule is O=C1c2cc3ccccc3cc2C2(c3ccc(Cl)cc3)N[C@H]3CCCC[C@@H]3N12. The zero-order valence-corrected chi connectivity index (χ0v) is 16.2. The minimum absolute atomic E-state index is 0.151. The van der Waals surface area contributed by atoms with Gasteiger partial charge in [0.25, 0.3) is 5.91 Å². The second-order valence-corrected chi connectivity index (χ2v) is 8.68. The number of fused-ring (bicyclic) bond motifs is 6. The molecule has 1 saturated carbocycles. The lowest BCUT2D eigenvalue weighted by atomic mass is 9.89. The van der Waals surface area contributed by atoms with Crippen LogP contribution in [0.5, 0.6) is 0 Å². The van der Waals surface area contributed by atoms with Crippen molar-refractivity contribution in [3.05, 3.63) is 82.4 Å². The third-order valence-corrected chi connectivity index (χ3v) is 7.06. The number of nitrogens with zero attached hydrogens (tertiary/aromatic N) is 1. The Bertz CT molecular complexity index is 1110. The van der Waals surface area contributed by atoms with E-state index < -0.39 is 5.66 Å². The van der Waals surface area contributed by atoms with Crippen molar-refractivity contribution in [2.75, 3.05) is 0 Å². The number of halogens is 1. The number of carbonyl (C=O) groups excluding carboxylic acids is 1. The highest BCUT2D eigenvalue weighted by atomic mass is 35.5. The summed E-state index contributed by atoms with van der Waals surface area (Å²) in [4.78, 5) is 15.8. The molecule has 3 aromatic rings. The highest BCUT2D eigenvalue weighted by Crippen LogP contribution is 2.51. The van der Waals surface area contributed by atoms with Gasteiger partial charge in [0, 0.05) is 28.2 Å². The summed E-state index contributed by atoms with van der Waals surface area (Å²) in [6, 6.07) is 21.1. The molecule has 6 rings (SSSR count). The molecule has 2 aliphatic heterocycles. The molecular weight excluding hydrogens is 368 g/mol. The number of rotatable bonds is 1. The predicted molar refractivity (Wildman–Crippen MR) is 112 cm³/mol. The van der Waals surface area contributed by atoms with Gasteiger partial charge in [0.1, 0.15) is 5.66 Å². The molecule has 3 aliphatic rings. The standard InChI is InChI=1S/C24H21ClN2O/c25-18-11-9-17(10-12-18)24-20-14-16-6-2-1-5-15(16)13-19(20)23(28)27(24)22-8-4-3-7-21(22)26-24/h1-2,5-6,9-14,21-22,26H,3-4,7-8H2/t21-,22-,24?/m0/s1. The topological polar surface area (TPSA) is 32.3 Å². The Morgan fingerprint density at radius 3 is 2.46 bits per heavy atom. The van der Waals surface area contributed by atoms with Crippen molar-refractivity contribution >= 4 is 28.3 Å². The van der Waals surface area contributed by atoms with Gasteiger partial charge in [-0.25, -0.2) is 0 Å². The van der Waals surface area contributed by atoms with Crippen LogP contribution in [0.15, 0.2) is 60.7 Å². The monoisotopic (exact) mass is 388 g/mol. The van der Waals surface area contributed by atoms with Crippen LogP contribution < -0.4 is 5.32 Å². The zero-order valence-electron chi connectivity index (χ0n) is 15.5. The van der Waals surface area contributed by atoms with E-state index in [1.807, 2.05) is 18.2 Å². The second kappa shape index (κ2) is 5.82. The molecule has 2 heterocycles. The van der Waals surface area contributed by atoms with Crippen LogP contribution in [0.1, 0.15) is 47.2 Å². The lowest BCUT2D eigenvalue weighted by molar-refractivity contribution is 0.0587. The van der Waals surface area contributed by atoms with E-state index in [0.29, 0.717) is 11.1 Å². The summed E-state index contributed by atoms with van der Waals surface area (Å²) in [5.74, 6) is 0.151. The maximum atomic E-state index is 13.7. The first-order valence-corrected chi connectivity index (χ1v) is 10.5. The molecule has 140 valence electrons. The molecule has 1 amide bonds. The maximum Gasteiger partial charge on any atom is 0.256 e. The lowest BCUT2D eigenvalue weighted by Gasteiger charge is -2.36. The Balaban J connectivity index is 1.65. The normalized spacial score (nSPS) is 28.3. The summed E-state index contributed by atoms with van der Waals surface area (Å²) < 4.78 is 0. The van der Waals surface area contributed by atoms with Crippen LogP contribution in [0.2, 0.25) is 5.02 Å². The molecule has 1 unspecified atom stereocenters. The summed E-state index contributed by atoms with van der Waals surface area (Å²) in [5, 5.41) is 6.91. The maximum absolute atomic E-state index is 13.7. The number of amides is 1. The average Bonchev–Trinajstić information content (AvgIpc) is 3.19. The number of benzene rings is 3. The van der Waals surface area contributed by atoms with Gasteiger partial charge in [-0.3, -0.25) is 10.1 Å². The Morgan fingerprint density at radius 1 is 0.964 bits per heavy atom. The molecule has 28 heavy (non-hydrogen) atoms. The van der Waals surface area contributed by atoms with Crippen LogP contribution in [0.4, 0.5) is 0 Å². The van der Waals surface area contributed by atoms with Crippen molar-refractivity contribution in [2.24, 2.45) is 0 Å². The van der Waals surface area contributed by atoms with Gasteiger partial charge >= 0.3 is 0 Å². The Kier molecular flexibility index (Phi) is 3.45. The lowest BCUT2D eigenvalue weighted by Crippen LogP contribution is -2.48. The molecule has 0 bridgehead atoms. The molecular formula is C24H21ClN2O. The Morgan fingerprint density at radius 2 is 1.68 bits per heavy atom. The van der Waals surface area contributed by atoms with Gasteiger partial charge in [-0.05, 0) is 53.4 Å². The highest BCUT2D eigenvalue weighted by molar-refractivity contribution is 6.30. The van der Waals surface area contributed by atoms with E-state index in [4.69, 9.17) is 11.6 Å². The number of carbonyl (C=O) groups is 1. The second-order valence-electron chi connectivity index (χ2n) is 8.24. The molecule has 3 nitrogen and oxygen atoms in total. The van der Waals surface area contributed by atoms with Crippen molar-refractivity contribution in [3.8, 4) is 0 Å². The van der Waals surface area contributed by atoms with Crippen LogP contribution in [-0.2, 0) is 5.66 Å². The van der Waals surface area contributed by atoms with Crippen molar-refractivity contribution in [2.45, 2.75) is 43.4 Å². The molecule has 1 saturated heterocycles. The van der Waals surface area contributed by atoms with Gasteiger partial charge in [0.15, 0.2) is 0 Å². The summed E-state index contributed by atoms with van der Waals surface area (Å²) in [6.07, 6.45) is 4.58. The summed E-state index contributed by atoms with van der Waals surface area (Å²) >= 11 is 6.19. The smallest absolute Gasteiger partial charge is 0.256 e. The third kappa shape index (κ3) is 2.06. The molecule has 0 radical (unpaired) electrons. The van der Waals surface area contributed by atoms with Gasteiger partial charge in [0.2, 0.25) is 0 Å². The first-order chi connectivity index (χ1) is 13.7. The van der Waals surface area contributed by atoms with E-state index in [-0.39, 0.29) is 11.9 Å². The van der Waals surface area contributed by atoms with E-state index in [2.05, 4.69) is 52.7 Å². The number of hydrogen-bond acceptors (Lipinski definition) is 2. The van der Waals surface area contributed by atoms with Crippen LogP contribution in [0.25, 0.3) is 10.8 Å². The van der Waals surface area contributed by atoms with Gasteiger partial charge in [0.05, 0.1) is 0 Å². The summed E-state index contributed by atoms with van der Waals surface area (Å²) in [7, 11) is 0. The molecule has 1 aliphatic carbocycles. The molecule has 3 atom stereocenters. The Labute approximate surface area is 169 Å². The quantitative estimate of drug-likeness (QED) is 0.631. The van der Waals surface area contributed by atoms with Gasteiger partial charge < -0.3 is 4.90 Å². The van der Waals surface area contributed by atoms with Crippen LogP contribution in [0, 0.1) is 0 Å². The average molecular weight is 389 g/mol. The van der Waals surface area contributed by atoms with E-state index in [9.17, 15) is 4.79 Å². The van der Waals surface area contributed by atoms with Gasteiger partial charge in [-0.1, -0.05) is 60.8 Å². The van der Waals surface area contributed by atoms with E-state index in [1.54, 1.807) is 0 Å². The number of nitrogens with one attached hydrogen (secondary N) is 1. The fourth-order valence-electron chi connectivity index (χ4n) is 5.60. The molecule has 2 fully saturated rings. The molecule has 0 aromatic heterocycles. The van der Waals surface area contributed by atoms with Crippen molar-refractivity contribution in [1.82, 2.24) is 10.2 Å². The highest BCUT2D eigenvalue weighted by Gasteiger charge is 2.60. The predicted octanol–water partition coefficient (Wildman–Crippen LogP) is 5.06. The largest absolute Gasteiger partial charge is 0.308 e. The first-order valence-electron chi connectivity index (χ1n) is 10.1. The van der Waals surface area contributed by atoms with Crippen molar-refractivity contribution in [1.29, 1.82) is 0 Å². The third-order valence-electron chi connectivity index (χ3n) is 6.80. The van der Waals surface area contributed by atoms with E-state index in [0.717, 1.165) is 34.9 Å². The van der Waals surface area contributed by atoms with Gasteiger partial charge in [-0.2, -0.15) is 0 Å². The van der Waals surface area contributed by atoms with Gasteiger partial charge in [-0.15, -0.1) is 0 Å². The van der Waals surface area contributed by atoms with E-state index in [1.165, 1.54) is 18.2 Å². The molecule has 4 heteroatoms.